The zero-order valence-corrected chi connectivity index (χ0v) is 21.8. The van der Waals surface area contributed by atoms with E-state index in [-0.39, 0.29) is 39.3 Å². The van der Waals surface area contributed by atoms with Crippen molar-refractivity contribution in [1.29, 1.82) is 0 Å². The average Bonchev–Trinajstić information content (AvgIpc) is 3.47. The molecule has 0 atom stereocenters. The number of nitrogens with one attached hydrogen (secondary N) is 1. The van der Waals surface area contributed by atoms with Gasteiger partial charge in [0.15, 0.2) is 0 Å². The summed E-state index contributed by atoms with van der Waals surface area (Å²) >= 11 is 4.06. The van der Waals surface area contributed by atoms with Crippen LogP contribution in [-0.4, -0.2) is 36.4 Å². The highest BCUT2D eigenvalue weighted by atomic mass is 79.9. The Balaban J connectivity index is 1.84. The normalized spacial score (nSPS) is 11.9. The zero-order chi connectivity index (χ0) is 26.4. The number of primary amides is 1. The van der Waals surface area contributed by atoms with Crippen molar-refractivity contribution in [1.82, 2.24) is 24.5 Å². The minimum absolute atomic E-state index is 0.000688. The summed E-state index contributed by atoms with van der Waals surface area (Å²) in [6.07, 6.45) is -1.50. The summed E-state index contributed by atoms with van der Waals surface area (Å²) in [4.78, 5) is 28.7. The molecule has 190 valence electrons. The molecule has 4 aromatic rings. The standard InChI is InChI=1S/C22H21BrF3N7O2S/c1-4-32-9-13(10(2)31-32)12-7-15(22(24,25)26)29-21-17(12)18(19(36-21)20(27)35)30-16(34)5-6-33-11(3)14(23)8-28-33/h7-9H,4-6H2,1-3H3,(H2,27,35)(H,30,34). The maximum atomic E-state index is 13.7. The molecule has 14 heteroatoms. The number of amides is 2. The van der Waals surface area contributed by atoms with Gasteiger partial charge in [-0.25, -0.2) is 4.98 Å². The van der Waals surface area contributed by atoms with E-state index in [2.05, 4.69) is 36.4 Å². The molecule has 9 nitrogen and oxygen atoms in total. The number of rotatable bonds is 7. The monoisotopic (exact) mass is 583 g/mol. The molecule has 3 N–H and O–H groups in total. The number of carbonyl (C=O) groups excluding carboxylic acids is 2. The van der Waals surface area contributed by atoms with Gasteiger partial charge in [0, 0.05) is 35.8 Å². The highest BCUT2D eigenvalue weighted by molar-refractivity contribution is 9.10. The summed E-state index contributed by atoms with van der Waals surface area (Å²) in [5, 5.41) is 11.4. The van der Waals surface area contributed by atoms with E-state index in [1.807, 2.05) is 13.8 Å². The molecule has 0 fully saturated rings. The number of nitrogens with two attached hydrogens (primary N) is 1. The first kappa shape index (κ1) is 25.8. The Labute approximate surface area is 215 Å². The molecular weight excluding hydrogens is 563 g/mol. The molecule has 0 unspecified atom stereocenters. The highest BCUT2D eigenvalue weighted by Crippen LogP contribution is 2.44. The van der Waals surface area contributed by atoms with E-state index in [1.54, 1.807) is 28.7 Å². The van der Waals surface area contributed by atoms with Gasteiger partial charge in [0.25, 0.3) is 5.91 Å². The van der Waals surface area contributed by atoms with Gasteiger partial charge in [-0.1, -0.05) is 0 Å². The molecule has 0 radical (unpaired) electrons. The lowest BCUT2D eigenvalue weighted by molar-refractivity contribution is -0.140. The van der Waals surface area contributed by atoms with E-state index < -0.39 is 23.7 Å². The molecule has 0 saturated heterocycles. The smallest absolute Gasteiger partial charge is 0.365 e. The molecule has 4 heterocycles. The Morgan fingerprint density at radius 3 is 2.53 bits per heavy atom. The molecule has 0 saturated carbocycles. The predicted octanol–water partition coefficient (Wildman–Crippen LogP) is 4.90. The molecule has 0 aliphatic heterocycles. The number of pyridine rings is 1. The van der Waals surface area contributed by atoms with Crippen molar-refractivity contribution >= 4 is 55.0 Å². The van der Waals surface area contributed by atoms with E-state index in [1.165, 1.54) is 0 Å². The number of alkyl halides is 3. The van der Waals surface area contributed by atoms with E-state index in [0.29, 0.717) is 29.1 Å². The molecule has 0 aliphatic rings. The van der Waals surface area contributed by atoms with Gasteiger partial charge in [0.05, 0.1) is 28.6 Å². The van der Waals surface area contributed by atoms with Crippen LogP contribution in [0.1, 0.15) is 40.1 Å². The predicted molar refractivity (Wildman–Crippen MR) is 133 cm³/mol. The third-order valence-corrected chi connectivity index (χ3v) is 7.47. The largest absolute Gasteiger partial charge is 0.433 e. The minimum Gasteiger partial charge on any atom is -0.365 e. The van der Waals surface area contributed by atoms with Crippen molar-refractivity contribution in [3.05, 3.63) is 44.9 Å². The molecule has 0 spiro atoms. The Kier molecular flexibility index (Phi) is 6.92. The molecule has 2 amide bonds. The van der Waals surface area contributed by atoms with Gasteiger partial charge in [-0.2, -0.15) is 23.4 Å². The number of thiophene rings is 1. The molecule has 0 bridgehead atoms. The molecule has 36 heavy (non-hydrogen) atoms. The SMILES string of the molecule is CCn1cc(-c2cc(C(F)(F)F)nc3sc(C(N)=O)c(NC(=O)CCn4ncc(Br)c4C)c23)c(C)n1. The quantitative estimate of drug-likeness (QED) is 0.320. The van der Waals surface area contributed by atoms with Crippen molar-refractivity contribution < 1.29 is 22.8 Å². The van der Waals surface area contributed by atoms with Crippen LogP contribution < -0.4 is 11.1 Å². The van der Waals surface area contributed by atoms with Crippen molar-refractivity contribution in [2.45, 2.75) is 46.5 Å². The Bertz CT molecular complexity index is 1490. The van der Waals surface area contributed by atoms with E-state index in [9.17, 15) is 22.8 Å². The van der Waals surface area contributed by atoms with Gasteiger partial charge < -0.3 is 11.1 Å². The number of carbonyl (C=O) groups is 2. The fraction of sp³-hybridized carbons (Fsp3) is 0.318. The molecule has 0 aromatic carbocycles. The zero-order valence-electron chi connectivity index (χ0n) is 19.4. The topological polar surface area (TPSA) is 121 Å². The van der Waals surface area contributed by atoms with Gasteiger partial charge >= 0.3 is 6.18 Å². The van der Waals surface area contributed by atoms with E-state index in [4.69, 9.17) is 5.73 Å². The first-order chi connectivity index (χ1) is 16.9. The maximum Gasteiger partial charge on any atom is 0.433 e. The molecule has 4 rings (SSSR count). The fourth-order valence-electron chi connectivity index (χ4n) is 3.75. The number of halogens is 4. The van der Waals surface area contributed by atoms with Crippen LogP contribution in [-0.2, 0) is 24.1 Å². The van der Waals surface area contributed by atoms with Gasteiger partial charge in [-0.05, 0) is 48.3 Å². The van der Waals surface area contributed by atoms with Crippen LogP contribution in [0.15, 0.2) is 22.9 Å². The van der Waals surface area contributed by atoms with Crippen LogP contribution in [0.25, 0.3) is 21.3 Å². The number of hydrogen-bond acceptors (Lipinski definition) is 6. The van der Waals surface area contributed by atoms with Gasteiger partial charge in [0.1, 0.15) is 15.4 Å². The summed E-state index contributed by atoms with van der Waals surface area (Å²) in [5.74, 6) is -1.35. The summed E-state index contributed by atoms with van der Waals surface area (Å²) in [5.41, 5.74) is 6.35. The van der Waals surface area contributed by atoms with Crippen LogP contribution in [0.5, 0.6) is 0 Å². The second-order valence-electron chi connectivity index (χ2n) is 7.99. The Morgan fingerprint density at radius 2 is 1.97 bits per heavy atom. The van der Waals surface area contributed by atoms with Crippen molar-refractivity contribution in [2.75, 3.05) is 5.32 Å². The number of anilines is 1. The summed E-state index contributed by atoms with van der Waals surface area (Å²) in [6, 6.07) is 0.907. The number of nitrogens with zero attached hydrogens (tertiary/aromatic N) is 5. The van der Waals surface area contributed by atoms with Crippen LogP contribution in [0.3, 0.4) is 0 Å². The Morgan fingerprint density at radius 1 is 1.25 bits per heavy atom. The summed E-state index contributed by atoms with van der Waals surface area (Å²) in [7, 11) is 0. The first-order valence-corrected chi connectivity index (χ1v) is 12.4. The molecular formula is C22H21BrF3N7O2S. The molecule has 4 aromatic heterocycles. The van der Waals surface area contributed by atoms with Crippen LogP contribution in [0, 0.1) is 13.8 Å². The number of fused-ring (bicyclic) bond motifs is 1. The third-order valence-electron chi connectivity index (χ3n) is 5.60. The van der Waals surface area contributed by atoms with Crippen molar-refractivity contribution in [3.8, 4) is 11.1 Å². The minimum atomic E-state index is -4.73. The van der Waals surface area contributed by atoms with Crippen LogP contribution >= 0.6 is 27.3 Å². The van der Waals surface area contributed by atoms with Crippen LogP contribution in [0.2, 0.25) is 0 Å². The summed E-state index contributed by atoms with van der Waals surface area (Å²) < 4.78 is 45.1. The van der Waals surface area contributed by atoms with Crippen molar-refractivity contribution in [3.63, 3.8) is 0 Å². The summed E-state index contributed by atoms with van der Waals surface area (Å²) in [6.45, 7) is 6.11. The van der Waals surface area contributed by atoms with Gasteiger partial charge in [-0.15, -0.1) is 11.3 Å². The first-order valence-electron chi connectivity index (χ1n) is 10.8. The number of aryl methyl sites for hydroxylation is 3. The highest BCUT2D eigenvalue weighted by Gasteiger charge is 2.35. The van der Waals surface area contributed by atoms with E-state index in [0.717, 1.165) is 16.2 Å². The fourth-order valence-corrected chi connectivity index (χ4v) is 5.05. The second-order valence-corrected chi connectivity index (χ2v) is 9.84. The molecule has 0 aliphatic carbocycles. The van der Waals surface area contributed by atoms with E-state index >= 15 is 0 Å². The van der Waals surface area contributed by atoms with Crippen LogP contribution in [0.4, 0.5) is 18.9 Å². The Hall–Kier alpha value is -3.26. The lowest BCUT2D eigenvalue weighted by Crippen LogP contribution is -2.18. The maximum absolute atomic E-state index is 13.7. The third kappa shape index (κ3) is 4.87. The number of hydrogen-bond donors (Lipinski definition) is 2. The lowest BCUT2D eigenvalue weighted by Gasteiger charge is -2.12. The van der Waals surface area contributed by atoms with Gasteiger partial charge in [0.2, 0.25) is 5.91 Å². The average molecular weight is 584 g/mol. The second kappa shape index (κ2) is 9.65. The lowest BCUT2D eigenvalue weighted by atomic mass is 10.0. The van der Waals surface area contributed by atoms with Gasteiger partial charge in [-0.3, -0.25) is 19.0 Å². The van der Waals surface area contributed by atoms with Crippen molar-refractivity contribution in [2.24, 2.45) is 5.73 Å². The number of aromatic nitrogens is 5.